The summed E-state index contributed by atoms with van der Waals surface area (Å²) in [7, 11) is 1.45. The third-order valence-corrected chi connectivity index (χ3v) is 5.16. The first kappa shape index (κ1) is 26.4. The van der Waals surface area contributed by atoms with Gasteiger partial charge in [0.15, 0.2) is 0 Å². The number of anilines is 1. The molecule has 0 atom stereocenters. The Kier molecular flexibility index (Phi) is 9.58. The summed E-state index contributed by atoms with van der Waals surface area (Å²) in [5, 5.41) is 6.28. The summed E-state index contributed by atoms with van der Waals surface area (Å²) >= 11 is 3.35. The van der Waals surface area contributed by atoms with Crippen molar-refractivity contribution in [1.82, 2.24) is 5.43 Å². The Morgan fingerprint density at radius 1 is 0.972 bits per heavy atom. The highest BCUT2D eigenvalue weighted by Crippen LogP contribution is 2.24. The molecule has 0 unspecified atom stereocenters. The molecule has 2 amide bonds. The molecule has 0 radical (unpaired) electrons. The van der Waals surface area contributed by atoms with Gasteiger partial charge in [-0.2, -0.15) is 5.10 Å². The van der Waals surface area contributed by atoms with Crippen molar-refractivity contribution in [2.45, 2.75) is 13.3 Å². The maximum atomic E-state index is 12.6. The number of hydrogen-bond acceptors (Lipinski definition) is 7. The van der Waals surface area contributed by atoms with E-state index in [1.807, 2.05) is 6.92 Å². The molecule has 0 heterocycles. The molecule has 186 valence electrons. The van der Waals surface area contributed by atoms with Gasteiger partial charge in [-0.3, -0.25) is 9.59 Å². The van der Waals surface area contributed by atoms with Gasteiger partial charge in [0, 0.05) is 10.0 Å². The number of nitrogens with one attached hydrogen (secondary N) is 2. The maximum absolute atomic E-state index is 12.6. The monoisotopic (exact) mass is 553 g/mol. The quantitative estimate of drug-likeness (QED) is 0.132. The van der Waals surface area contributed by atoms with Crippen molar-refractivity contribution in [2.24, 2.45) is 5.10 Å². The van der Waals surface area contributed by atoms with Gasteiger partial charge in [-0.1, -0.05) is 35.0 Å². The van der Waals surface area contributed by atoms with Gasteiger partial charge in [-0.25, -0.2) is 10.2 Å². The van der Waals surface area contributed by atoms with Crippen LogP contribution in [0, 0.1) is 0 Å². The van der Waals surface area contributed by atoms with E-state index in [-0.39, 0.29) is 5.75 Å². The van der Waals surface area contributed by atoms with Gasteiger partial charge in [-0.05, 0) is 61.0 Å². The van der Waals surface area contributed by atoms with Crippen molar-refractivity contribution in [2.75, 3.05) is 19.0 Å². The van der Waals surface area contributed by atoms with Crippen LogP contribution in [0.1, 0.15) is 29.3 Å². The van der Waals surface area contributed by atoms with Gasteiger partial charge >= 0.3 is 17.8 Å². The number of halogens is 1. The minimum absolute atomic E-state index is 0.214. The number of ether oxygens (including phenoxy) is 3. The molecule has 3 rings (SSSR count). The summed E-state index contributed by atoms with van der Waals surface area (Å²) in [6.07, 6.45) is 2.15. The van der Waals surface area contributed by atoms with Crippen LogP contribution in [0.15, 0.2) is 76.3 Å². The lowest BCUT2D eigenvalue weighted by Crippen LogP contribution is -2.32. The van der Waals surface area contributed by atoms with Gasteiger partial charge in [0.25, 0.3) is 0 Å². The van der Waals surface area contributed by atoms with Crippen molar-refractivity contribution < 1.29 is 28.6 Å². The number of benzene rings is 3. The average molecular weight is 554 g/mol. The Morgan fingerprint density at radius 2 is 1.72 bits per heavy atom. The summed E-state index contributed by atoms with van der Waals surface area (Å²) in [6.45, 7) is 2.59. The predicted octanol–water partition coefficient (Wildman–Crippen LogP) is 4.55. The number of esters is 1. The second-order valence-corrected chi connectivity index (χ2v) is 8.21. The van der Waals surface area contributed by atoms with Crippen LogP contribution in [0.25, 0.3) is 0 Å². The van der Waals surface area contributed by atoms with Gasteiger partial charge in [0.1, 0.15) is 17.2 Å². The molecular weight excluding hydrogens is 530 g/mol. The lowest BCUT2D eigenvalue weighted by atomic mass is 10.2. The number of rotatable bonds is 9. The highest BCUT2D eigenvalue weighted by atomic mass is 79.9. The molecule has 0 aliphatic heterocycles. The molecule has 2 N–H and O–H groups in total. The molecule has 0 aliphatic rings. The molecule has 0 bridgehead atoms. The molecule has 0 spiro atoms. The smallest absolute Gasteiger partial charge is 0.343 e. The van der Waals surface area contributed by atoms with Crippen LogP contribution in [-0.4, -0.2) is 37.7 Å². The number of hydrogen-bond donors (Lipinski definition) is 2. The van der Waals surface area contributed by atoms with Crippen LogP contribution >= 0.6 is 15.9 Å². The standard InChI is InChI=1S/C26H24BrN3O6/c1-3-14-35-20-11-8-17(9-12-20)26(33)36-22-13-10-19(27)15-18(22)16-28-30-25(32)24(31)29-21-6-4-5-7-23(21)34-2/h4-13,15-16H,3,14H2,1-2H3,(H,29,31)(H,30,32)/b28-16+. The summed E-state index contributed by atoms with van der Waals surface area (Å²) in [5.74, 6) is -1.21. The van der Waals surface area contributed by atoms with Crippen LogP contribution in [0.3, 0.4) is 0 Å². The first-order chi connectivity index (χ1) is 17.4. The zero-order valence-corrected chi connectivity index (χ0v) is 21.2. The number of carbonyl (C=O) groups excluding carboxylic acids is 3. The SMILES string of the molecule is CCCOc1ccc(C(=O)Oc2ccc(Br)cc2/C=N/NC(=O)C(=O)Nc2ccccc2OC)cc1. The van der Waals surface area contributed by atoms with Gasteiger partial charge in [-0.15, -0.1) is 0 Å². The summed E-state index contributed by atoms with van der Waals surface area (Å²) < 4.78 is 16.9. The summed E-state index contributed by atoms with van der Waals surface area (Å²) in [4.78, 5) is 37.0. The Bertz CT molecular complexity index is 1260. The van der Waals surface area contributed by atoms with Crippen molar-refractivity contribution in [3.8, 4) is 17.2 Å². The molecule has 9 nitrogen and oxygen atoms in total. The van der Waals surface area contributed by atoms with Crippen LogP contribution in [-0.2, 0) is 9.59 Å². The fourth-order valence-corrected chi connectivity index (χ4v) is 3.30. The van der Waals surface area contributed by atoms with Gasteiger partial charge in [0.2, 0.25) is 0 Å². The lowest BCUT2D eigenvalue weighted by Gasteiger charge is -2.09. The van der Waals surface area contributed by atoms with E-state index in [0.717, 1.165) is 6.42 Å². The highest BCUT2D eigenvalue weighted by molar-refractivity contribution is 9.10. The first-order valence-corrected chi connectivity index (χ1v) is 11.7. The van der Waals surface area contributed by atoms with Crippen LogP contribution in [0.2, 0.25) is 0 Å². The van der Waals surface area contributed by atoms with Crippen LogP contribution in [0.4, 0.5) is 5.69 Å². The number of methoxy groups -OCH3 is 1. The second kappa shape index (κ2) is 13.1. The highest BCUT2D eigenvalue weighted by Gasteiger charge is 2.16. The van der Waals surface area contributed by atoms with Crippen molar-refractivity contribution in [3.63, 3.8) is 0 Å². The van der Waals surface area contributed by atoms with Gasteiger partial charge in [0.05, 0.1) is 31.2 Å². The molecule has 10 heteroatoms. The Hall–Kier alpha value is -4.18. The molecule has 0 fully saturated rings. The summed E-state index contributed by atoms with van der Waals surface area (Å²) in [6, 6.07) is 18.2. The van der Waals surface area contributed by atoms with Crippen LogP contribution < -0.4 is 25.0 Å². The maximum Gasteiger partial charge on any atom is 0.343 e. The minimum atomic E-state index is -0.990. The topological polar surface area (TPSA) is 115 Å². The van der Waals surface area contributed by atoms with Crippen molar-refractivity contribution in [1.29, 1.82) is 0 Å². The van der Waals surface area contributed by atoms with E-state index in [4.69, 9.17) is 14.2 Å². The minimum Gasteiger partial charge on any atom is -0.495 e. The molecular formula is C26H24BrN3O6. The largest absolute Gasteiger partial charge is 0.495 e. The normalized spacial score (nSPS) is 10.5. The number of hydrazone groups is 1. The van der Waals surface area contributed by atoms with E-state index in [1.54, 1.807) is 66.7 Å². The molecule has 36 heavy (non-hydrogen) atoms. The van der Waals surface area contributed by atoms with E-state index < -0.39 is 17.8 Å². The third-order valence-electron chi connectivity index (χ3n) is 4.67. The van der Waals surface area contributed by atoms with Crippen molar-refractivity contribution >= 4 is 45.6 Å². The van der Waals surface area contributed by atoms with E-state index in [9.17, 15) is 14.4 Å². The summed E-state index contributed by atoms with van der Waals surface area (Å²) in [5.41, 5.74) is 3.23. The zero-order valence-electron chi connectivity index (χ0n) is 19.6. The zero-order chi connectivity index (χ0) is 25.9. The van der Waals surface area contributed by atoms with Crippen LogP contribution in [0.5, 0.6) is 17.2 Å². The molecule has 3 aromatic carbocycles. The Labute approximate surface area is 216 Å². The number of carbonyl (C=O) groups is 3. The average Bonchev–Trinajstić information content (AvgIpc) is 2.89. The lowest BCUT2D eigenvalue weighted by molar-refractivity contribution is -0.136. The fourth-order valence-electron chi connectivity index (χ4n) is 2.92. The van der Waals surface area contributed by atoms with E-state index in [2.05, 4.69) is 31.8 Å². The Morgan fingerprint density at radius 3 is 2.44 bits per heavy atom. The van der Waals surface area contributed by atoms with Gasteiger partial charge < -0.3 is 19.5 Å². The number of nitrogens with zero attached hydrogens (tertiary/aromatic N) is 1. The number of amides is 2. The molecule has 0 saturated heterocycles. The predicted molar refractivity (Wildman–Crippen MR) is 139 cm³/mol. The van der Waals surface area contributed by atoms with E-state index in [0.29, 0.717) is 39.4 Å². The second-order valence-electron chi connectivity index (χ2n) is 7.30. The molecule has 0 saturated carbocycles. The van der Waals surface area contributed by atoms with E-state index in [1.165, 1.54) is 13.3 Å². The van der Waals surface area contributed by atoms with Crippen molar-refractivity contribution in [3.05, 3.63) is 82.3 Å². The number of para-hydroxylation sites is 2. The molecule has 0 aromatic heterocycles. The third kappa shape index (κ3) is 7.41. The first-order valence-electron chi connectivity index (χ1n) is 10.9. The molecule has 3 aromatic rings. The van der Waals surface area contributed by atoms with E-state index >= 15 is 0 Å². The molecule has 0 aliphatic carbocycles. The Balaban J connectivity index is 1.64. The fraction of sp³-hybridized carbons (Fsp3) is 0.154.